The van der Waals surface area contributed by atoms with Gasteiger partial charge in [-0.1, -0.05) is 6.07 Å². The first-order valence-electron chi connectivity index (χ1n) is 5.64. The summed E-state index contributed by atoms with van der Waals surface area (Å²) >= 11 is 4.71. The lowest BCUT2D eigenvalue weighted by molar-refractivity contribution is 0.581. The molecule has 0 spiro atoms. The summed E-state index contributed by atoms with van der Waals surface area (Å²) in [5.74, 6) is 0. The molecule has 0 atom stereocenters. The number of hydrogen-bond acceptors (Lipinski definition) is 4. The van der Waals surface area contributed by atoms with Crippen LogP contribution in [-0.2, 0) is 16.4 Å². The molecular weight excluding hydrogens is 348 g/mol. The van der Waals surface area contributed by atoms with Crippen LogP contribution < -0.4 is 4.72 Å². The Balaban J connectivity index is 2.01. The van der Waals surface area contributed by atoms with E-state index in [-0.39, 0.29) is 0 Å². The second kappa shape index (κ2) is 6.13. The molecule has 0 aliphatic heterocycles. The highest BCUT2D eigenvalue weighted by molar-refractivity contribution is 9.11. The minimum absolute atomic E-state index is 0.338. The number of thiophene rings is 1. The number of halogens is 1. The maximum absolute atomic E-state index is 12.1. The van der Waals surface area contributed by atoms with E-state index in [9.17, 15) is 8.42 Å². The molecule has 0 radical (unpaired) electrons. The van der Waals surface area contributed by atoms with Gasteiger partial charge in [-0.25, -0.2) is 13.1 Å². The van der Waals surface area contributed by atoms with Gasteiger partial charge in [-0.15, -0.1) is 11.3 Å². The molecule has 0 unspecified atom stereocenters. The molecule has 4 nitrogen and oxygen atoms in total. The molecule has 2 heterocycles. The third-order valence-electron chi connectivity index (χ3n) is 2.53. The summed E-state index contributed by atoms with van der Waals surface area (Å²) < 4.78 is 27.6. The van der Waals surface area contributed by atoms with Crippen molar-refractivity contribution in [2.45, 2.75) is 18.2 Å². The van der Waals surface area contributed by atoms with Gasteiger partial charge in [0.1, 0.15) is 0 Å². The molecule has 2 aromatic rings. The molecular formula is C12H13BrN2O2S2. The highest BCUT2D eigenvalue weighted by Crippen LogP contribution is 2.29. The SMILES string of the molecule is Cc1sc(Br)cc1S(=O)(=O)NCCc1ccccn1. The van der Waals surface area contributed by atoms with Crippen LogP contribution in [0.25, 0.3) is 0 Å². The third kappa shape index (κ3) is 3.85. The lowest BCUT2D eigenvalue weighted by atomic mass is 10.3. The topological polar surface area (TPSA) is 59.1 Å². The molecule has 0 aromatic carbocycles. The molecule has 2 aromatic heterocycles. The third-order valence-corrected chi connectivity index (χ3v) is 5.80. The molecule has 0 amide bonds. The van der Waals surface area contributed by atoms with E-state index in [0.29, 0.717) is 17.9 Å². The van der Waals surface area contributed by atoms with Crippen molar-refractivity contribution in [2.24, 2.45) is 0 Å². The molecule has 0 saturated heterocycles. The van der Waals surface area contributed by atoms with E-state index in [4.69, 9.17) is 0 Å². The van der Waals surface area contributed by atoms with E-state index in [2.05, 4.69) is 25.6 Å². The molecule has 0 bridgehead atoms. The zero-order valence-corrected chi connectivity index (χ0v) is 13.5. The second-order valence-corrected chi connectivity index (χ2v) is 8.31. The van der Waals surface area contributed by atoms with Crippen molar-refractivity contribution >= 4 is 37.3 Å². The minimum Gasteiger partial charge on any atom is -0.261 e. The van der Waals surface area contributed by atoms with Crippen LogP contribution in [0.4, 0.5) is 0 Å². The number of rotatable bonds is 5. The van der Waals surface area contributed by atoms with E-state index in [1.165, 1.54) is 11.3 Å². The van der Waals surface area contributed by atoms with E-state index < -0.39 is 10.0 Å². The number of hydrogen-bond donors (Lipinski definition) is 1. The Kier molecular flexibility index (Phi) is 4.72. The molecule has 0 saturated carbocycles. The molecule has 7 heteroatoms. The van der Waals surface area contributed by atoms with Gasteiger partial charge in [0.05, 0.1) is 8.68 Å². The molecule has 0 aliphatic rings. The highest BCUT2D eigenvalue weighted by atomic mass is 79.9. The predicted octanol–water partition coefficient (Wildman–Crippen LogP) is 2.74. The lowest BCUT2D eigenvalue weighted by Crippen LogP contribution is -2.26. The van der Waals surface area contributed by atoms with Crippen LogP contribution in [0, 0.1) is 6.92 Å². The largest absolute Gasteiger partial charge is 0.261 e. The summed E-state index contributed by atoms with van der Waals surface area (Å²) in [5.41, 5.74) is 0.869. The van der Waals surface area contributed by atoms with Crippen molar-refractivity contribution in [3.05, 3.63) is 44.8 Å². The lowest BCUT2D eigenvalue weighted by Gasteiger charge is -2.05. The summed E-state index contributed by atoms with van der Waals surface area (Å²) in [6, 6.07) is 7.22. The van der Waals surface area contributed by atoms with Gasteiger partial charge in [-0.3, -0.25) is 4.98 Å². The Morgan fingerprint density at radius 3 is 2.79 bits per heavy atom. The fourth-order valence-electron chi connectivity index (χ4n) is 1.63. The number of aryl methyl sites for hydroxylation is 1. The van der Waals surface area contributed by atoms with E-state index in [1.54, 1.807) is 19.2 Å². The van der Waals surface area contributed by atoms with Gasteiger partial charge < -0.3 is 0 Å². The normalized spacial score (nSPS) is 11.7. The minimum atomic E-state index is -3.44. The van der Waals surface area contributed by atoms with E-state index in [1.807, 2.05) is 18.2 Å². The quantitative estimate of drug-likeness (QED) is 0.891. The van der Waals surface area contributed by atoms with Crippen LogP contribution in [0.5, 0.6) is 0 Å². The first kappa shape index (κ1) is 14.6. The van der Waals surface area contributed by atoms with Gasteiger partial charge in [0.25, 0.3) is 0 Å². The number of nitrogens with zero attached hydrogens (tertiary/aromatic N) is 1. The zero-order valence-electron chi connectivity index (χ0n) is 10.3. The first-order valence-corrected chi connectivity index (χ1v) is 8.74. The average molecular weight is 361 g/mol. The van der Waals surface area contributed by atoms with Gasteiger partial charge in [0.15, 0.2) is 0 Å². The number of sulfonamides is 1. The average Bonchev–Trinajstić information content (AvgIpc) is 2.70. The summed E-state index contributed by atoms with van der Waals surface area (Å²) in [7, 11) is -3.44. The summed E-state index contributed by atoms with van der Waals surface area (Å²) in [6.45, 7) is 2.13. The first-order chi connectivity index (χ1) is 8.99. The van der Waals surface area contributed by atoms with Gasteiger partial charge in [-0.2, -0.15) is 0 Å². The number of aromatic nitrogens is 1. The molecule has 0 aliphatic carbocycles. The molecule has 19 heavy (non-hydrogen) atoms. The Morgan fingerprint density at radius 2 is 2.21 bits per heavy atom. The Morgan fingerprint density at radius 1 is 1.42 bits per heavy atom. The van der Waals surface area contributed by atoms with Crippen LogP contribution in [0.3, 0.4) is 0 Å². The summed E-state index contributed by atoms with van der Waals surface area (Å²) in [6.07, 6.45) is 2.27. The number of nitrogens with one attached hydrogen (secondary N) is 1. The summed E-state index contributed by atoms with van der Waals surface area (Å²) in [4.78, 5) is 5.27. The van der Waals surface area contributed by atoms with Crippen LogP contribution in [0.15, 0.2) is 39.1 Å². The van der Waals surface area contributed by atoms with Gasteiger partial charge in [-0.05, 0) is 41.1 Å². The van der Waals surface area contributed by atoms with Gasteiger partial charge >= 0.3 is 0 Å². The Hall–Kier alpha value is -0.760. The van der Waals surface area contributed by atoms with E-state index >= 15 is 0 Å². The van der Waals surface area contributed by atoms with Crippen LogP contribution >= 0.6 is 27.3 Å². The Bertz CT molecular complexity index is 654. The standard InChI is InChI=1S/C12H13BrN2O2S2/c1-9-11(8-12(13)18-9)19(16,17)15-7-5-10-4-2-3-6-14-10/h2-4,6,8,15H,5,7H2,1H3. The van der Waals surface area contributed by atoms with Gasteiger partial charge in [0, 0.05) is 29.7 Å². The van der Waals surface area contributed by atoms with Crippen LogP contribution in [0.2, 0.25) is 0 Å². The van der Waals surface area contributed by atoms with Crippen molar-refractivity contribution in [3.63, 3.8) is 0 Å². The fraction of sp³-hybridized carbons (Fsp3) is 0.250. The molecule has 0 fully saturated rings. The van der Waals surface area contributed by atoms with E-state index in [0.717, 1.165) is 14.4 Å². The molecule has 1 N–H and O–H groups in total. The van der Waals surface area contributed by atoms with Crippen molar-refractivity contribution in [1.29, 1.82) is 0 Å². The van der Waals surface area contributed by atoms with Crippen molar-refractivity contribution in [3.8, 4) is 0 Å². The maximum Gasteiger partial charge on any atom is 0.241 e. The van der Waals surface area contributed by atoms with Crippen molar-refractivity contribution in [2.75, 3.05) is 6.54 Å². The van der Waals surface area contributed by atoms with Crippen molar-refractivity contribution in [1.82, 2.24) is 9.71 Å². The second-order valence-electron chi connectivity index (χ2n) is 3.94. The molecule has 102 valence electrons. The van der Waals surface area contributed by atoms with Gasteiger partial charge in [0.2, 0.25) is 10.0 Å². The summed E-state index contributed by atoms with van der Waals surface area (Å²) in [5, 5.41) is 0. The van der Waals surface area contributed by atoms with Crippen LogP contribution in [0.1, 0.15) is 10.6 Å². The predicted molar refractivity (Wildman–Crippen MR) is 79.9 cm³/mol. The highest BCUT2D eigenvalue weighted by Gasteiger charge is 2.18. The fourth-order valence-corrected chi connectivity index (χ4v) is 5.08. The van der Waals surface area contributed by atoms with Crippen LogP contribution in [-0.4, -0.2) is 19.9 Å². The number of pyridine rings is 1. The zero-order chi connectivity index (χ0) is 13.9. The molecule has 2 rings (SSSR count). The Labute approximate surface area is 125 Å². The smallest absolute Gasteiger partial charge is 0.241 e. The monoisotopic (exact) mass is 360 g/mol. The maximum atomic E-state index is 12.1. The van der Waals surface area contributed by atoms with Crippen molar-refractivity contribution < 1.29 is 8.42 Å².